The lowest BCUT2D eigenvalue weighted by Gasteiger charge is -2.24. The SMILES string of the molecule is CCCNC1CCCCC(CC(CC)CC)C1. The second kappa shape index (κ2) is 8.97. The summed E-state index contributed by atoms with van der Waals surface area (Å²) in [6.45, 7) is 8.20. The molecule has 17 heavy (non-hydrogen) atoms. The lowest BCUT2D eigenvalue weighted by molar-refractivity contribution is 0.302. The van der Waals surface area contributed by atoms with Crippen LogP contribution in [-0.4, -0.2) is 12.6 Å². The third-order valence-corrected chi connectivity index (χ3v) is 4.54. The lowest BCUT2D eigenvalue weighted by atomic mass is 9.85. The molecule has 1 fully saturated rings. The fraction of sp³-hybridized carbons (Fsp3) is 1.00. The topological polar surface area (TPSA) is 12.0 Å². The first-order chi connectivity index (χ1) is 8.30. The molecule has 0 aromatic rings. The molecule has 1 nitrogen and oxygen atoms in total. The smallest absolute Gasteiger partial charge is 0.00697 e. The molecule has 0 aromatic carbocycles. The molecule has 0 amide bonds. The second-order valence-corrected chi connectivity index (χ2v) is 5.96. The van der Waals surface area contributed by atoms with Crippen LogP contribution >= 0.6 is 0 Å². The van der Waals surface area contributed by atoms with E-state index >= 15 is 0 Å². The van der Waals surface area contributed by atoms with E-state index in [4.69, 9.17) is 0 Å². The number of hydrogen-bond acceptors (Lipinski definition) is 1. The Morgan fingerprint density at radius 3 is 2.41 bits per heavy atom. The molecule has 2 unspecified atom stereocenters. The highest BCUT2D eigenvalue weighted by Crippen LogP contribution is 2.30. The largest absolute Gasteiger partial charge is 0.314 e. The van der Waals surface area contributed by atoms with Crippen molar-refractivity contribution in [2.75, 3.05) is 6.54 Å². The van der Waals surface area contributed by atoms with Crippen molar-refractivity contribution in [3.63, 3.8) is 0 Å². The van der Waals surface area contributed by atoms with Crippen molar-refractivity contribution >= 4 is 0 Å². The van der Waals surface area contributed by atoms with Crippen molar-refractivity contribution in [1.29, 1.82) is 0 Å². The van der Waals surface area contributed by atoms with Crippen LogP contribution in [0.1, 0.15) is 78.6 Å². The molecule has 0 aromatic heterocycles. The molecule has 0 spiro atoms. The molecule has 0 bridgehead atoms. The summed E-state index contributed by atoms with van der Waals surface area (Å²) in [7, 11) is 0. The van der Waals surface area contributed by atoms with Gasteiger partial charge in [0, 0.05) is 6.04 Å². The van der Waals surface area contributed by atoms with Gasteiger partial charge in [0.05, 0.1) is 0 Å². The Labute approximate surface area is 109 Å². The summed E-state index contributed by atoms with van der Waals surface area (Å²) in [6, 6.07) is 0.816. The summed E-state index contributed by atoms with van der Waals surface area (Å²) in [5, 5.41) is 3.75. The van der Waals surface area contributed by atoms with Crippen LogP contribution in [0.3, 0.4) is 0 Å². The van der Waals surface area contributed by atoms with E-state index in [9.17, 15) is 0 Å². The molecule has 1 N–H and O–H groups in total. The Balaban J connectivity index is 2.36. The standard InChI is InChI=1S/C16H33N/c1-4-11-17-16-10-8-7-9-15(13-16)12-14(5-2)6-3/h14-17H,4-13H2,1-3H3. The fourth-order valence-corrected chi connectivity index (χ4v) is 3.30. The molecule has 1 saturated carbocycles. The maximum atomic E-state index is 3.75. The van der Waals surface area contributed by atoms with Gasteiger partial charge in [0.2, 0.25) is 0 Å². The number of rotatable bonds is 7. The van der Waals surface area contributed by atoms with Crippen molar-refractivity contribution < 1.29 is 0 Å². The zero-order chi connectivity index (χ0) is 12.5. The van der Waals surface area contributed by atoms with Crippen LogP contribution in [0.15, 0.2) is 0 Å². The van der Waals surface area contributed by atoms with Crippen LogP contribution in [0.2, 0.25) is 0 Å². The zero-order valence-corrected chi connectivity index (χ0v) is 12.3. The molecular formula is C16H33N. The van der Waals surface area contributed by atoms with Gasteiger partial charge in [-0.1, -0.05) is 52.9 Å². The molecular weight excluding hydrogens is 206 g/mol. The molecule has 0 radical (unpaired) electrons. The van der Waals surface area contributed by atoms with E-state index in [0.717, 1.165) is 17.9 Å². The van der Waals surface area contributed by atoms with Gasteiger partial charge in [0.1, 0.15) is 0 Å². The van der Waals surface area contributed by atoms with E-state index in [1.54, 1.807) is 0 Å². The lowest BCUT2D eigenvalue weighted by Crippen LogP contribution is -2.31. The first-order valence-electron chi connectivity index (χ1n) is 8.03. The highest BCUT2D eigenvalue weighted by molar-refractivity contribution is 4.77. The predicted molar refractivity (Wildman–Crippen MR) is 77.3 cm³/mol. The summed E-state index contributed by atoms with van der Waals surface area (Å²) in [6.07, 6.45) is 12.8. The van der Waals surface area contributed by atoms with Crippen LogP contribution in [0.25, 0.3) is 0 Å². The average molecular weight is 239 g/mol. The zero-order valence-electron chi connectivity index (χ0n) is 12.3. The number of hydrogen-bond donors (Lipinski definition) is 1. The minimum atomic E-state index is 0.816. The fourth-order valence-electron chi connectivity index (χ4n) is 3.30. The molecule has 1 heteroatoms. The Kier molecular flexibility index (Phi) is 7.92. The Morgan fingerprint density at radius 1 is 1.06 bits per heavy atom. The van der Waals surface area contributed by atoms with Crippen molar-refractivity contribution in [1.82, 2.24) is 5.32 Å². The highest BCUT2D eigenvalue weighted by Gasteiger charge is 2.21. The van der Waals surface area contributed by atoms with Crippen molar-refractivity contribution in [3.05, 3.63) is 0 Å². The molecule has 0 saturated heterocycles. The molecule has 102 valence electrons. The van der Waals surface area contributed by atoms with E-state index in [1.165, 1.54) is 64.3 Å². The quantitative estimate of drug-likeness (QED) is 0.632. The van der Waals surface area contributed by atoms with E-state index in [2.05, 4.69) is 26.1 Å². The molecule has 2 atom stereocenters. The van der Waals surface area contributed by atoms with Gasteiger partial charge < -0.3 is 5.32 Å². The van der Waals surface area contributed by atoms with Gasteiger partial charge in [0.25, 0.3) is 0 Å². The Hall–Kier alpha value is -0.0400. The summed E-state index contributed by atoms with van der Waals surface area (Å²) in [4.78, 5) is 0. The number of nitrogens with one attached hydrogen (secondary N) is 1. The monoisotopic (exact) mass is 239 g/mol. The van der Waals surface area contributed by atoms with Gasteiger partial charge in [-0.3, -0.25) is 0 Å². The maximum absolute atomic E-state index is 3.75. The minimum absolute atomic E-state index is 0.816. The third kappa shape index (κ3) is 5.90. The first kappa shape index (κ1) is 15.0. The van der Waals surface area contributed by atoms with E-state index in [0.29, 0.717) is 0 Å². The molecule has 1 aliphatic rings. The molecule has 1 rings (SSSR count). The maximum Gasteiger partial charge on any atom is 0.00697 e. The van der Waals surface area contributed by atoms with E-state index < -0.39 is 0 Å². The normalized spacial score (nSPS) is 26.1. The van der Waals surface area contributed by atoms with E-state index in [-0.39, 0.29) is 0 Å². The highest BCUT2D eigenvalue weighted by atomic mass is 14.9. The van der Waals surface area contributed by atoms with Gasteiger partial charge in [0.15, 0.2) is 0 Å². The Bertz CT molecular complexity index is 174. The van der Waals surface area contributed by atoms with Gasteiger partial charge >= 0.3 is 0 Å². The van der Waals surface area contributed by atoms with Crippen molar-refractivity contribution in [2.24, 2.45) is 11.8 Å². The first-order valence-corrected chi connectivity index (χ1v) is 8.03. The Morgan fingerprint density at radius 2 is 1.76 bits per heavy atom. The van der Waals surface area contributed by atoms with Gasteiger partial charge in [-0.15, -0.1) is 0 Å². The molecule has 0 aliphatic heterocycles. The van der Waals surface area contributed by atoms with Crippen LogP contribution in [0.4, 0.5) is 0 Å². The minimum Gasteiger partial charge on any atom is -0.314 e. The predicted octanol–water partition coefficient (Wildman–Crippen LogP) is 4.76. The molecule has 0 heterocycles. The summed E-state index contributed by atoms with van der Waals surface area (Å²) < 4.78 is 0. The summed E-state index contributed by atoms with van der Waals surface area (Å²) >= 11 is 0. The van der Waals surface area contributed by atoms with Crippen LogP contribution < -0.4 is 5.32 Å². The molecule has 1 aliphatic carbocycles. The van der Waals surface area contributed by atoms with Crippen LogP contribution in [0.5, 0.6) is 0 Å². The van der Waals surface area contributed by atoms with Crippen molar-refractivity contribution in [2.45, 2.75) is 84.6 Å². The van der Waals surface area contributed by atoms with Gasteiger partial charge in [-0.25, -0.2) is 0 Å². The van der Waals surface area contributed by atoms with E-state index in [1.807, 2.05) is 0 Å². The third-order valence-electron chi connectivity index (χ3n) is 4.54. The second-order valence-electron chi connectivity index (χ2n) is 5.96. The van der Waals surface area contributed by atoms with Gasteiger partial charge in [-0.2, -0.15) is 0 Å². The van der Waals surface area contributed by atoms with Crippen LogP contribution in [-0.2, 0) is 0 Å². The summed E-state index contributed by atoms with van der Waals surface area (Å²) in [5.41, 5.74) is 0. The average Bonchev–Trinajstić information content (AvgIpc) is 2.58. The summed E-state index contributed by atoms with van der Waals surface area (Å²) in [5.74, 6) is 1.97. The van der Waals surface area contributed by atoms with Gasteiger partial charge in [-0.05, 0) is 44.1 Å². The van der Waals surface area contributed by atoms with Crippen LogP contribution in [0, 0.1) is 11.8 Å². The van der Waals surface area contributed by atoms with Crippen molar-refractivity contribution in [3.8, 4) is 0 Å².